The molecule has 0 spiro atoms. The second kappa shape index (κ2) is 5.69. The Kier molecular flexibility index (Phi) is 3.31. The maximum atomic E-state index is 12.9. The van der Waals surface area contributed by atoms with Crippen molar-refractivity contribution in [2.24, 2.45) is 0 Å². The fourth-order valence-corrected chi connectivity index (χ4v) is 4.17. The van der Waals surface area contributed by atoms with Gasteiger partial charge in [-0.05, 0) is 25.0 Å². The second-order valence-electron chi connectivity index (χ2n) is 6.77. The van der Waals surface area contributed by atoms with E-state index in [9.17, 15) is 4.79 Å². The van der Waals surface area contributed by atoms with Crippen LogP contribution in [0, 0.1) is 0 Å². The summed E-state index contributed by atoms with van der Waals surface area (Å²) >= 11 is 0. The summed E-state index contributed by atoms with van der Waals surface area (Å²) in [4.78, 5) is 26.2. The summed E-state index contributed by atoms with van der Waals surface area (Å²) in [7, 11) is 0. The second-order valence-corrected chi connectivity index (χ2v) is 6.77. The van der Waals surface area contributed by atoms with Crippen molar-refractivity contribution in [1.82, 2.24) is 29.0 Å². The van der Waals surface area contributed by atoms with Gasteiger partial charge in [-0.1, -0.05) is 6.58 Å². The van der Waals surface area contributed by atoms with E-state index in [-0.39, 0.29) is 18.0 Å². The first-order valence-corrected chi connectivity index (χ1v) is 8.78. The highest BCUT2D eigenvalue weighted by atomic mass is 16.2. The number of carbonyl (C=O) groups excluding carboxylic acids is 1. The van der Waals surface area contributed by atoms with Gasteiger partial charge in [0.05, 0.1) is 6.20 Å². The summed E-state index contributed by atoms with van der Waals surface area (Å²) < 4.78 is 3.44. The van der Waals surface area contributed by atoms with Gasteiger partial charge in [-0.25, -0.2) is 9.67 Å². The van der Waals surface area contributed by atoms with Crippen molar-refractivity contribution in [2.75, 3.05) is 18.0 Å². The van der Waals surface area contributed by atoms with Gasteiger partial charge in [-0.2, -0.15) is 10.1 Å². The summed E-state index contributed by atoms with van der Waals surface area (Å²) in [5.41, 5.74) is 0.560. The Hall–Kier alpha value is -3.16. The number of hydrogen-bond acceptors (Lipinski definition) is 5. The minimum absolute atomic E-state index is 0.00983. The molecule has 2 unspecified atom stereocenters. The molecule has 8 heteroatoms. The van der Waals surface area contributed by atoms with Crippen LogP contribution in [0.25, 0.3) is 12.0 Å². The average Bonchev–Trinajstić information content (AvgIpc) is 3.37. The molecule has 0 saturated carbocycles. The Labute approximate surface area is 150 Å². The number of imidazole rings is 1. The summed E-state index contributed by atoms with van der Waals surface area (Å²) in [5, 5.41) is 4.11. The number of carbonyl (C=O) groups is 1. The zero-order valence-corrected chi connectivity index (χ0v) is 14.3. The molecular weight excluding hydrogens is 330 g/mol. The molecule has 0 radical (unpaired) electrons. The van der Waals surface area contributed by atoms with E-state index >= 15 is 0 Å². The standard InChI is InChI=1S/C18H19N7O/c1-2-24-15(5-7-20-24)17(26)23-11-13-3-4-14(12-23)25(13)16-6-9-22-10-8-19-18(22)21-16/h2,5-10,13-14H,1,3-4,11-12H2. The third kappa shape index (κ3) is 2.22. The molecule has 1 amide bonds. The first-order valence-electron chi connectivity index (χ1n) is 8.78. The van der Waals surface area contributed by atoms with Gasteiger partial charge >= 0.3 is 0 Å². The fraction of sp³-hybridized carbons (Fsp3) is 0.333. The van der Waals surface area contributed by atoms with Crippen LogP contribution in [0.4, 0.5) is 5.82 Å². The number of likely N-dealkylation sites (tertiary alicyclic amines) is 1. The Balaban J connectivity index is 1.41. The molecule has 3 aromatic rings. The molecule has 26 heavy (non-hydrogen) atoms. The molecule has 8 nitrogen and oxygen atoms in total. The molecule has 3 aromatic heterocycles. The molecule has 132 valence electrons. The van der Waals surface area contributed by atoms with Crippen LogP contribution < -0.4 is 4.90 Å². The van der Waals surface area contributed by atoms with Crippen LogP contribution in [-0.4, -0.2) is 60.1 Å². The van der Waals surface area contributed by atoms with E-state index in [2.05, 4.69) is 21.6 Å². The van der Waals surface area contributed by atoms with Gasteiger partial charge in [0.1, 0.15) is 11.5 Å². The van der Waals surface area contributed by atoms with Crippen molar-refractivity contribution in [2.45, 2.75) is 24.9 Å². The van der Waals surface area contributed by atoms with Crippen LogP contribution >= 0.6 is 0 Å². The third-order valence-electron chi connectivity index (χ3n) is 5.34. The molecule has 5 heterocycles. The number of rotatable bonds is 3. The van der Waals surface area contributed by atoms with Crippen molar-refractivity contribution in [3.05, 3.63) is 49.2 Å². The average molecular weight is 349 g/mol. The Morgan fingerprint density at radius 1 is 1.15 bits per heavy atom. The third-order valence-corrected chi connectivity index (χ3v) is 5.34. The molecule has 2 saturated heterocycles. The summed E-state index contributed by atoms with van der Waals surface area (Å²) in [5.74, 6) is 1.66. The molecule has 5 rings (SSSR count). The maximum Gasteiger partial charge on any atom is 0.272 e. The number of piperazine rings is 1. The molecule has 2 bridgehead atoms. The van der Waals surface area contributed by atoms with Crippen molar-refractivity contribution < 1.29 is 4.79 Å². The van der Waals surface area contributed by atoms with Crippen molar-refractivity contribution >= 4 is 23.7 Å². The molecule has 0 N–H and O–H groups in total. The van der Waals surface area contributed by atoms with Crippen molar-refractivity contribution in [3.8, 4) is 0 Å². The van der Waals surface area contributed by atoms with Crippen LogP contribution in [0.1, 0.15) is 23.3 Å². The van der Waals surface area contributed by atoms with Gasteiger partial charge in [-0.3, -0.25) is 9.20 Å². The summed E-state index contributed by atoms with van der Waals surface area (Å²) in [6.45, 7) is 5.10. The van der Waals surface area contributed by atoms with Crippen molar-refractivity contribution in [3.63, 3.8) is 0 Å². The molecule has 2 aliphatic rings. The van der Waals surface area contributed by atoms with E-state index in [1.807, 2.05) is 27.8 Å². The van der Waals surface area contributed by atoms with Gasteiger partial charge in [-0.15, -0.1) is 0 Å². The Morgan fingerprint density at radius 3 is 2.73 bits per heavy atom. The van der Waals surface area contributed by atoms with Gasteiger partial charge < -0.3 is 9.80 Å². The van der Waals surface area contributed by atoms with Crippen molar-refractivity contribution in [1.29, 1.82) is 0 Å². The van der Waals surface area contributed by atoms with Gasteiger partial charge in [0.2, 0.25) is 5.78 Å². The lowest BCUT2D eigenvalue weighted by molar-refractivity contribution is 0.0709. The lowest BCUT2D eigenvalue weighted by Gasteiger charge is -2.41. The van der Waals surface area contributed by atoms with Crippen LogP contribution in [0.15, 0.2) is 43.5 Å². The predicted molar refractivity (Wildman–Crippen MR) is 96.8 cm³/mol. The number of fused-ring (bicyclic) bond motifs is 3. The highest BCUT2D eigenvalue weighted by Gasteiger charge is 2.42. The topological polar surface area (TPSA) is 71.6 Å². The quantitative estimate of drug-likeness (QED) is 0.717. The first-order chi connectivity index (χ1) is 12.7. The summed E-state index contributed by atoms with van der Waals surface area (Å²) in [6, 6.07) is 4.33. The molecule has 2 fully saturated rings. The van der Waals surface area contributed by atoms with Crippen LogP contribution in [0.5, 0.6) is 0 Å². The smallest absolute Gasteiger partial charge is 0.272 e. The number of nitrogens with zero attached hydrogens (tertiary/aromatic N) is 7. The number of amides is 1. The van der Waals surface area contributed by atoms with E-state index < -0.39 is 0 Å². The molecule has 2 atom stereocenters. The number of hydrogen-bond donors (Lipinski definition) is 0. The predicted octanol–water partition coefficient (Wildman–Crippen LogP) is 1.52. The first kappa shape index (κ1) is 15.1. The minimum Gasteiger partial charge on any atom is -0.347 e. The van der Waals surface area contributed by atoms with E-state index in [1.165, 1.54) is 4.68 Å². The van der Waals surface area contributed by atoms with Crippen LogP contribution in [0.2, 0.25) is 0 Å². The van der Waals surface area contributed by atoms with E-state index in [1.54, 1.807) is 24.7 Å². The number of aromatic nitrogens is 5. The largest absolute Gasteiger partial charge is 0.347 e. The zero-order valence-electron chi connectivity index (χ0n) is 14.3. The SMILES string of the molecule is C=Cn1nccc1C(=O)N1CC2CCC(C1)N2c1ccn2ccnc2n1. The Morgan fingerprint density at radius 2 is 1.96 bits per heavy atom. The van der Waals surface area contributed by atoms with E-state index in [4.69, 9.17) is 4.98 Å². The molecule has 2 aliphatic heterocycles. The van der Waals surface area contributed by atoms with Gasteiger partial charge in [0.25, 0.3) is 5.91 Å². The zero-order chi connectivity index (χ0) is 17.7. The normalized spacial score (nSPS) is 22.2. The molecular formula is C18H19N7O. The fourth-order valence-electron chi connectivity index (χ4n) is 4.17. The number of anilines is 1. The van der Waals surface area contributed by atoms with E-state index in [0.29, 0.717) is 24.6 Å². The molecule has 0 aliphatic carbocycles. The lowest BCUT2D eigenvalue weighted by Crippen LogP contribution is -2.56. The van der Waals surface area contributed by atoms with Crippen LogP contribution in [0.3, 0.4) is 0 Å². The monoisotopic (exact) mass is 349 g/mol. The maximum absolute atomic E-state index is 12.9. The van der Waals surface area contributed by atoms with E-state index in [0.717, 1.165) is 18.7 Å². The Bertz CT molecular complexity index is 976. The highest BCUT2D eigenvalue weighted by Crippen LogP contribution is 2.34. The van der Waals surface area contributed by atoms with Gasteiger partial charge in [0.15, 0.2) is 0 Å². The van der Waals surface area contributed by atoms with Gasteiger partial charge in [0, 0.05) is 50.0 Å². The highest BCUT2D eigenvalue weighted by molar-refractivity contribution is 5.93. The minimum atomic E-state index is 0.00983. The van der Waals surface area contributed by atoms with Crippen LogP contribution in [-0.2, 0) is 0 Å². The lowest BCUT2D eigenvalue weighted by atomic mass is 10.1. The molecule has 0 aromatic carbocycles. The summed E-state index contributed by atoms with van der Waals surface area (Å²) in [6.07, 6.45) is 10.9.